The first kappa shape index (κ1) is 18.7. The Balaban J connectivity index is 2.28. The Kier molecular flexibility index (Phi) is 5.96. The predicted molar refractivity (Wildman–Crippen MR) is 95.1 cm³/mol. The van der Waals surface area contributed by atoms with Gasteiger partial charge in [-0.15, -0.1) is 0 Å². The average Bonchev–Trinajstić information content (AvgIpc) is 3.01. The standard InChI is InChI=1S/C19H25N3O3/c1-12(2)16-11-15(21-22(16)4)18(23)20-17(13(3)19(24)25-5)14-9-7-6-8-10-14/h6-13,17H,1-5H3,(H,20,23). The van der Waals surface area contributed by atoms with Crippen LogP contribution in [0.3, 0.4) is 0 Å². The van der Waals surface area contributed by atoms with E-state index in [1.807, 2.05) is 51.2 Å². The molecule has 0 radical (unpaired) electrons. The van der Waals surface area contributed by atoms with E-state index < -0.39 is 12.0 Å². The number of benzene rings is 1. The molecule has 134 valence electrons. The van der Waals surface area contributed by atoms with E-state index in [4.69, 9.17) is 4.74 Å². The fourth-order valence-electron chi connectivity index (χ4n) is 2.83. The minimum absolute atomic E-state index is 0.262. The van der Waals surface area contributed by atoms with E-state index in [2.05, 4.69) is 10.4 Å². The van der Waals surface area contributed by atoms with Crippen LogP contribution in [0, 0.1) is 5.92 Å². The molecule has 0 fully saturated rings. The average molecular weight is 343 g/mol. The number of esters is 1. The lowest BCUT2D eigenvalue weighted by Gasteiger charge is -2.23. The Morgan fingerprint density at radius 1 is 1.16 bits per heavy atom. The number of hydrogen-bond donors (Lipinski definition) is 1. The topological polar surface area (TPSA) is 73.2 Å². The second-order valence-electron chi connectivity index (χ2n) is 6.41. The van der Waals surface area contributed by atoms with Crippen molar-refractivity contribution in [3.05, 3.63) is 53.3 Å². The number of carbonyl (C=O) groups excluding carboxylic acids is 2. The quantitative estimate of drug-likeness (QED) is 0.819. The first-order valence-corrected chi connectivity index (χ1v) is 8.32. The van der Waals surface area contributed by atoms with Gasteiger partial charge in [0.2, 0.25) is 0 Å². The number of ether oxygens (including phenoxy) is 1. The van der Waals surface area contributed by atoms with E-state index in [9.17, 15) is 9.59 Å². The highest BCUT2D eigenvalue weighted by Crippen LogP contribution is 2.24. The number of carbonyl (C=O) groups is 2. The Labute approximate surface area is 148 Å². The van der Waals surface area contributed by atoms with E-state index in [1.54, 1.807) is 17.7 Å². The van der Waals surface area contributed by atoms with Crippen LogP contribution in [0.5, 0.6) is 0 Å². The molecule has 6 heteroatoms. The van der Waals surface area contributed by atoms with E-state index >= 15 is 0 Å². The maximum absolute atomic E-state index is 12.7. The second-order valence-corrected chi connectivity index (χ2v) is 6.41. The molecule has 1 heterocycles. The van der Waals surface area contributed by atoms with Gasteiger partial charge in [-0.3, -0.25) is 14.3 Å². The maximum Gasteiger partial charge on any atom is 0.310 e. The van der Waals surface area contributed by atoms with Gasteiger partial charge in [0.15, 0.2) is 0 Å². The smallest absolute Gasteiger partial charge is 0.310 e. The zero-order valence-corrected chi connectivity index (χ0v) is 15.3. The van der Waals surface area contributed by atoms with Crippen molar-refractivity contribution in [1.82, 2.24) is 15.1 Å². The van der Waals surface area contributed by atoms with E-state index in [0.29, 0.717) is 5.69 Å². The fraction of sp³-hybridized carbons (Fsp3) is 0.421. The van der Waals surface area contributed by atoms with Gasteiger partial charge < -0.3 is 10.1 Å². The molecule has 0 aliphatic rings. The first-order chi connectivity index (χ1) is 11.8. The summed E-state index contributed by atoms with van der Waals surface area (Å²) in [6.07, 6.45) is 0. The number of amides is 1. The van der Waals surface area contributed by atoms with E-state index in [-0.39, 0.29) is 17.8 Å². The largest absolute Gasteiger partial charge is 0.469 e. The molecule has 0 saturated carbocycles. The Morgan fingerprint density at radius 2 is 1.80 bits per heavy atom. The molecule has 1 aromatic heterocycles. The van der Waals surface area contributed by atoms with Crippen molar-refractivity contribution in [3.8, 4) is 0 Å². The lowest BCUT2D eigenvalue weighted by Crippen LogP contribution is -2.36. The molecule has 0 aliphatic heterocycles. The van der Waals surface area contributed by atoms with Gasteiger partial charge in [-0.05, 0) is 24.5 Å². The molecule has 6 nitrogen and oxygen atoms in total. The SMILES string of the molecule is COC(=O)C(C)C(NC(=O)c1cc(C(C)C)n(C)n1)c1ccccc1. The Hall–Kier alpha value is -2.63. The summed E-state index contributed by atoms with van der Waals surface area (Å²) in [5, 5.41) is 7.22. The number of rotatable bonds is 6. The van der Waals surface area contributed by atoms with Crippen molar-refractivity contribution in [3.63, 3.8) is 0 Å². The van der Waals surface area contributed by atoms with Gasteiger partial charge in [0.1, 0.15) is 5.69 Å². The molecule has 1 amide bonds. The number of hydrogen-bond acceptors (Lipinski definition) is 4. The van der Waals surface area contributed by atoms with Crippen LogP contribution in [0.2, 0.25) is 0 Å². The zero-order valence-electron chi connectivity index (χ0n) is 15.3. The van der Waals surface area contributed by atoms with Gasteiger partial charge >= 0.3 is 5.97 Å². The summed E-state index contributed by atoms with van der Waals surface area (Å²) in [7, 11) is 3.16. The summed E-state index contributed by atoms with van der Waals surface area (Å²) in [6.45, 7) is 5.83. The minimum atomic E-state index is -0.523. The summed E-state index contributed by atoms with van der Waals surface area (Å²) in [5.74, 6) is -0.951. The highest BCUT2D eigenvalue weighted by molar-refractivity contribution is 5.93. The molecule has 1 aromatic carbocycles. The molecule has 2 atom stereocenters. The van der Waals surface area contributed by atoms with Gasteiger partial charge in [0.05, 0.1) is 19.1 Å². The van der Waals surface area contributed by atoms with E-state index in [0.717, 1.165) is 11.3 Å². The van der Waals surface area contributed by atoms with Crippen LogP contribution in [-0.4, -0.2) is 28.8 Å². The Morgan fingerprint density at radius 3 is 2.32 bits per heavy atom. The zero-order chi connectivity index (χ0) is 18.6. The van der Waals surface area contributed by atoms with Gasteiger partial charge in [-0.1, -0.05) is 44.2 Å². The van der Waals surface area contributed by atoms with Crippen molar-refractivity contribution in [2.24, 2.45) is 13.0 Å². The molecular weight excluding hydrogens is 318 g/mol. The number of nitrogens with zero attached hydrogens (tertiary/aromatic N) is 2. The van der Waals surface area contributed by atoms with Crippen molar-refractivity contribution >= 4 is 11.9 Å². The number of aryl methyl sites for hydroxylation is 1. The predicted octanol–water partition coefficient (Wildman–Crippen LogP) is 2.82. The number of aromatic nitrogens is 2. The van der Waals surface area contributed by atoms with Gasteiger partial charge in [-0.2, -0.15) is 5.10 Å². The van der Waals surface area contributed by atoms with Crippen molar-refractivity contribution in [2.45, 2.75) is 32.7 Å². The molecule has 2 rings (SSSR count). The van der Waals surface area contributed by atoms with Crippen LogP contribution < -0.4 is 5.32 Å². The first-order valence-electron chi connectivity index (χ1n) is 8.32. The van der Waals surface area contributed by atoms with Gasteiger partial charge in [0, 0.05) is 12.7 Å². The van der Waals surface area contributed by atoms with Gasteiger partial charge in [-0.25, -0.2) is 0 Å². The number of nitrogens with one attached hydrogen (secondary N) is 1. The van der Waals surface area contributed by atoms with Crippen LogP contribution in [-0.2, 0) is 16.6 Å². The van der Waals surface area contributed by atoms with Crippen LogP contribution in [0.25, 0.3) is 0 Å². The highest BCUT2D eigenvalue weighted by Gasteiger charge is 2.29. The summed E-state index contributed by atoms with van der Waals surface area (Å²) in [5.41, 5.74) is 2.15. The Bertz CT molecular complexity index is 738. The molecule has 25 heavy (non-hydrogen) atoms. The third-order valence-corrected chi connectivity index (χ3v) is 4.26. The van der Waals surface area contributed by atoms with Gasteiger partial charge in [0.25, 0.3) is 5.91 Å². The molecule has 2 aromatic rings. The van der Waals surface area contributed by atoms with Crippen LogP contribution in [0.1, 0.15) is 54.5 Å². The lowest BCUT2D eigenvalue weighted by molar-refractivity contribution is -0.145. The molecule has 0 bridgehead atoms. The van der Waals surface area contributed by atoms with Crippen molar-refractivity contribution < 1.29 is 14.3 Å². The molecule has 0 saturated heterocycles. The molecule has 2 unspecified atom stereocenters. The third kappa shape index (κ3) is 4.26. The molecule has 1 N–H and O–H groups in total. The van der Waals surface area contributed by atoms with E-state index in [1.165, 1.54) is 7.11 Å². The van der Waals surface area contributed by atoms with Crippen LogP contribution in [0.15, 0.2) is 36.4 Å². The highest BCUT2D eigenvalue weighted by atomic mass is 16.5. The maximum atomic E-state index is 12.7. The van der Waals surface area contributed by atoms with Crippen LogP contribution >= 0.6 is 0 Å². The summed E-state index contributed by atoms with van der Waals surface area (Å²) >= 11 is 0. The summed E-state index contributed by atoms with van der Waals surface area (Å²) < 4.78 is 6.56. The van der Waals surface area contributed by atoms with Crippen molar-refractivity contribution in [2.75, 3.05) is 7.11 Å². The lowest BCUT2D eigenvalue weighted by atomic mass is 9.94. The normalized spacial score (nSPS) is 13.4. The summed E-state index contributed by atoms with van der Waals surface area (Å²) in [6, 6.07) is 10.7. The molecule has 0 spiro atoms. The summed E-state index contributed by atoms with van der Waals surface area (Å²) in [4.78, 5) is 24.7. The molecule has 0 aliphatic carbocycles. The monoisotopic (exact) mass is 343 g/mol. The van der Waals surface area contributed by atoms with Crippen molar-refractivity contribution in [1.29, 1.82) is 0 Å². The second kappa shape index (κ2) is 7.96. The fourth-order valence-corrected chi connectivity index (χ4v) is 2.83. The third-order valence-electron chi connectivity index (χ3n) is 4.26. The molecular formula is C19H25N3O3. The van der Waals surface area contributed by atoms with Crippen LogP contribution in [0.4, 0.5) is 0 Å². The minimum Gasteiger partial charge on any atom is -0.469 e. The number of methoxy groups -OCH3 is 1.